The van der Waals surface area contributed by atoms with Crippen LogP contribution >= 0.6 is 0 Å². The van der Waals surface area contributed by atoms with Crippen LogP contribution in [0.4, 0.5) is 0 Å². The predicted molar refractivity (Wildman–Crippen MR) is 122 cm³/mol. The monoisotopic (exact) mass is 464 g/mol. The number of ether oxygens (including phenoxy) is 1. The van der Waals surface area contributed by atoms with Crippen LogP contribution in [-0.2, 0) is 16.1 Å². The number of carbonyl (C=O) groups excluding carboxylic acids is 3. The lowest BCUT2D eigenvalue weighted by Crippen LogP contribution is -2.61. The molecule has 3 aliphatic heterocycles. The van der Waals surface area contributed by atoms with Gasteiger partial charge in [0.2, 0.25) is 17.7 Å². The van der Waals surface area contributed by atoms with Crippen molar-refractivity contribution in [1.29, 1.82) is 0 Å². The number of aromatic nitrogens is 2. The highest BCUT2D eigenvalue weighted by Crippen LogP contribution is 2.26. The van der Waals surface area contributed by atoms with Gasteiger partial charge in [-0.25, -0.2) is 4.98 Å². The van der Waals surface area contributed by atoms with Crippen LogP contribution in [0.1, 0.15) is 29.4 Å². The number of piperazine rings is 1. The summed E-state index contributed by atoms with van der Waals surface area (Å²) in [4.78, 5) is 53.3. The maximum Gasteiger partial charge on any atom is 0.257 e. The van der Waals surface area contributed by atoms with E-state index in [1.165, 1.54) is 6.92 Å². The van der Waals surface area contributed by atoms with Gasteiger partial charge >= 0.3 is 0 Å². The average molecular weight is 465 g/mol. The van der Waals surface area contributed by atoms with E-state index in [9.17, 15) is 14.4 Å². The molecule has 5 rings (SSSR count). The first-order chi connectivity index (χ1) is 16.5. The van der Waals surface area contributed by atoms with Crippen LogP contribution in [0.5, 0.6) is 5.88 Å². The first-order valence-electron chi connectivity index (χ1n) is 11.6. The largest absolute Gasteiger partial charge is 0.475 e. The molecule has 10 nitrogen and oxygen atoms in total. The molecule has 0 unspecified atom stereocenters. The van der Waals surface area contributed by atoms with Crippen molar-refractivity contribution in [2.75, 3.05) is 32.8 Å². The number of likely N-dealkylation sites (tertiary alicyclic amines) is 1. The first-order valence-corrected chi connectivity index (χ1v) is 11.6. The molecule has 10 heteroatoms. The summed E-state index contributed by atoms with van der Waals surface area (Å²) in [7, 11) is 0. The quantitative estimate of drug-likeness (QED) is 0.681. The molecule has 2 aromatic rings. The van der Waals surface area contributed by atoms with E-state index in [2.05, 4.69) is 20.2 Å². The molecule has 2 aromatic heterocycles. The molecule has 0 aliphatic carbocycles. The number of nitrogens with zero attached hydrogens (tertiary/aromatic N) is 5. The molecule has 34 heavy (non-hydrogen) atoms. The number of nitrogens with one attached hydrogen (secondary N) is 1. The standard InChI is InChI=1S/C24H28N6O4/c1-16(31)28-9-10-30-19(14-28)15-34-23-20(6-4-8-26-23)22(32)27-18-11-21(24(30)33)29(13-18)12-17-5-2-3-7-25-17/h2-8,18-19,21H,9-15H2,1H3,(H,27,32)/t18-,19-,21-/m0/s1. The van der Waals surface area contributed by atoms with Crippen LogP contribution in [0, 0.1) is 0 Å². The van der Waals surface area contributed by atoms with Crippen LogP contribution in [0.25, 0.3) is 0 Å². The number of hydrogen-bond acceptors (Lipinski definition) is 7. The van der Waals surface area contributed by atoms with Crippen molar-refractivity contribution in [1.82, 2.24) is 30.0 Å². The van der Waals surface area contributed by atoms with Crippen LogP contribution < -0.4 is 10.1 Å². The number of rotatable bonds is 2. The number of fused-ring (bicyclic) bond motifs is 4. The molecule has 1 N–H and O–H groups in total. The summed E-state index contributed by atoms with van der Waals surface area (Å²) in [6.07, 6.45) is 3.82. The predicted octanol–water partition coefficient (Wildman–Crippen LogP) is 0.301. The van der Waals surface area contributed by atoms with Gasteiger partial charge in [0, 0.05) is 58.1 Å². The third kappa shape index (κ3) is 4.45. The molecular formula is C24H28N6O4. The van der Waals surface area contributed by atoms with Crippen LogP contribution in [-0.4, -0.2) is 93.3 Å². The van der Waals surface area contributed by atoms with E-state index in [0.29, 0.717) is 44.7 Å². The Hall–Kier alpha value is -3.53. The van der Waals surface area contributed by atoms with E-state index in [1.807, 2.05) is 23.1 Å². The minimum atomic E-state index is -0.397. The smallest absolute Gasteiger partial charge is 0.257 e. The zero-order valence-electron chi connectivity index (χ0n) is 19.1. The van der Waals surface area contributed by atoms with Crippen molar-refractivity contribution in [3.05, 3.63) is 54.0 Å². The second-order valence-corrected chi connectivity index (χ2v) is 8.99. The van der Waals surface area contributed by atoms with Crippen molar-refractivity contribution in [3.8, 4) is 5.88 Å². The SMILES string of the molecule is CC(=O)N1CCN2C(=O)[C@@H]3C[C@@H](CN3Cc3ccccn3)NC(=O)c3cccnc3OC[C@@H]2C1. The topological polar surface area (TPSA) is 108 Å². The number of hydrogen-bond donors (Lipinski definition) is 1. The lowest BCUT2D eigenvalue weighted by Gasteiger charge is -2.42. The Kier molecular flexibility index (Phi) is 6.14. The Labute approximate surface area is 197 Å². The van der Waals surface area contributed by atoms with Crippen LogP contribution in [0.2, 0.25) is 0 Å². The zero-order chi connectivity index (χ0) is 23.7. The average Bonchev–Trinajstić information content (AvgIpc) is 3.24. The molecular weight excluding hydrogens is 436 g/mol. The van der Waals surface area contributed by atoms with E-state index in [4.69, 9.17) is 4.74 Å². The van der Waals surface area contributed by atoms with Gasteiger partial charge < -0.3 is 19.9 Å². The Morgan fingerprint density at radius 3 is 2.76 bits per heavy atom. The molecule has 0 radical (unpaired) electrons. The van der Waals surface area contributed by atoms with E-state index in [1.54, 1.807) is 29.4 Å². The van der Waals surface area contributed by atoms with Gasteiger partial charge in [0.15, 0.2) is 0 Å². The van der Waals surface area contributed by atoms with Gasteiger partial charge in [-0.2, -0.15) is 0 Å². The molecule has 5 heterocycles. The minimum absolute atomic E-state index is 0.00806. The maximum atomic E-state index is 13.8. The highest BCUT2D eigenvalue weighted by atomic mass is 16.5. The number of pyridine rings is 2. The van der Waals surface area contributed by atoms with Crippen molar-refractivity contribution >= 4 is 17.7 Å². The first kappa shape index (κ1) is 22.3. The van der Waals surface area contributed by atoms with Gasteiger partial charge in [-0.3, -0.25) is 24.3 Å². The van der Waals surface area contributed by atoms with Crippen molar-refractivity contribution in [3.63, 3.8) is 0 Å². The Bertz CT molecular complexity index is 1080. The minimum Gasteiger partial charge on any atom is -0.475 e. The third-order valence-corrected chi connectivity index (χ3v) is 6.75. The molecule has 3 amide bonds. The van der Waals surface area contributed by atoms with E-state index in [0.717, 1.165) is 5.69 Å². The third-order valence-electron chi connectivity index (χ3n) is 6.75. The van der Waals surface area contributed by atoms with Gasteiger partial charge in [-0.1, -0.05) is 6.07 Å². The normalized spacial score (nSPS) is 25.4. The second kappa shape index (κ2) is 9.38. The molecule has 2 saturated heterocycles. The highest BCUT2D eigenvalue weighted by molar-refractivity contribution is 5.96. The van der Waals surface area contributed by atoms with Crippen molar-refractivity contribution < 1.29 is 19.1 Å². The van der Waals surface area contributed by atoms with Gasteiger partial charge in [-0.15, -0.1) is 0 Å². The Morgan fingerprint density at radius 1 is 1.12 bits per heavy atom. The summed E-state index contributed by atoms with van der Waals surface area (Å²) in [5.41, 5.74) is 1.23. The fourth-order valence-electron chi connectivity index (χ4n) is 5.02. The fourth-order valence-corrected chi connectivity index (χ4v) is 5.02. The lowest BCUT2D eigenvalue weighted by molar-refractivity contribution is -0.146. The highest BCUT2D eigenvalue weighted by Gasteiger charge is 2.43. The Balaban J connectivity index is 1.48. The van der Waals surface area contributed by atoms with E-state index in [-0.39, 0.29) is 42.3 Å². The molecule has 3 atom stereocenters. The number of carbonyl (C=O) groups is 3. The lowest BCUT2D eigenvalue weighted by atomic mass is 10.1. The maximum absolute atomic E-state index is 13.8. The molecule has 2 bridgehead atoms. The van der Waals surface area contributed by atoms with Gasteiger partial charge in [0.1, 0.15) is 12.2 Å². The van der Waals surface area contributed by atoms with Crippen LogP contribution in [0.15, 0.2) is 42.7 Å². The molecule has 0 aromatic carbocycles. The van der Waals surface area contributed by atoms with Gasteiger partial charge in [0.05, 0.1) is 17.8 Å². The Morgan fingerprint density at radius 2 is 1.97 bits per heavy atom. The summed E-state index contributed by atoms with van der Waals surface area (Å²) in [5.74, 6) is -0.0849. The van der Waals surface area contributed by atoms with Gasteiger partial charge in [-0.05, 0) is 30.7 Å². The van der Waals surface area contributed by atoms with Gasteiger partial charge in [0.25, 0.3) is 5.91 Å². The van der Waals surface area contributed by atoms with Crippen molar-refractivity contribution in [2.45, 2.75) is 38.0 Å². The summed E-state index contributed by atoms with van der Waals surface area (Å²) < 4.78 is 5.96. The van der Waals surface area contributed by atoms with E-state index < -0.39 is 6.04 Å². The molecule has 178 valence electrons. The molecule has 0 spiro atoms. The zero-order valence-corrected chi connectivity index (χ0v) is 19.1. The second-order valence-electron chi connectivity index (χ2n) is 8.99. The fraction of sp³-hybridized carbons (Fsp3) is 0.458. The van der Waals surface area contributed by atoms with Crippen LogP contribution in [0.3, 0.4) is 0 Å². The number of amides is 3. The molecule has 3 aliphatic rings. The van der Waals surface area contributed by atoms with E-state index >= 15 is 0 Å². The van der Waals surface area contributed by atoms with Crippen molar-refractivity contribution in [2.24, 2.45) is 0 Å². The molecule has 2 fully saturated rings. The summed E-state index contributed by atoms with van der Waals surface area (Å²) in [6.45, 7) is 4.02. The summed E-state index contributed by atoms with van der Waals surface area (Å²) in [5, 5.41) is 3.07. The summed E-state index contributed by atoms with van der Waals surface area (Å²) in [6, 6.07) is 8.18. The summed E-state index contributed by atoms with van der Waals surface area (Å²) >= 11 is 0. The molecule has 0 saturated carbocycles.